The van der Waals surface area contributed by atoms with Crippen LogP contribution in [-0.2, 0) is 17.8 Å². The predicted octanol–water partition coefficient (Wildman–Crippen LogP) is 0.914. The fourth-order valence-corrected chi connectivity index (χ4v) is 4.83. The Labute approximate surface area is 95.2 Å². The number of hydrogen-bond donors (Lipinski definition) is 2. The van der Waals surface area contributed by atoms with E-state index in [0.29, 0.717) is 0 Å². The summed E-state index contributed by atoms with van der Waals surface area (Å²) in [7, 11) is -8.86. The van der Waals surface area contributed by atoms with Gasteiger partial charge in [-0.25, -0.2) is 0 Å². The number of carbonyl (C=O) groups is 1. The molecule has 0 radical (unpaired) electrons. The molecular formula is C7H17O7PSi. The molecule has 16 heavy (non-hydrogen) atoms. The van der Waals surface area contributed by atoms with Gasteiger partial charge in [0.1, 0.15) is 0 Å². The molecule has 7 nitrogen and oxygen atoms in total. The zero-order chi connectivity index (χ0) is 12.8. The molecule has 9 heteroatoms. The second-order valence-electron chi connectivity index (χ2n) is 2.70. The van der Waals surface area contributed by atoms with E-state index >= 15 is 0 Å². The van der Waals surface area contributed by atoms with Gasteiger partial charge < -0.3 is 23.1 Å². The van der Waals surface area contributed by atoms with Crippen LogP contribution in [-0.4, -0.2) is 43.6 Å². The average molecular weight is 272 g/mol. The second kappa shape index (κ2) is 6.60. The van der Waals surface area contributed by atoms with Crippen molar-refractivity contribution in [3.8, 4) is 0 Å². The molecule has 0 aliphatic carbocycles. The summed E-state index contributed by atoms with van der Waals surface area (Å²) < 4.78 is 26.1. The van der Waals surface area contributed by atoms with Crippen molar-refractivity contribution in [1.29, 1.82) is 0 Å². The summed E-state index contributed by atoms with van der Waals surface area (Å²) in [6, 6.07) is 0. The predicted molar refractivity (Wildman–Crippen MR) is 58.1 cm³/mol. The number of hydrogen-bond acceptors (Lipinski definition) is 5. The molecule has 0 heterocycles. The first-order chi connectivity index (χ1) is 7.34. The molecule has 0 aromatic rings. The monoisotopic (exact) mass is 272 g/mol. The molecule has 0 saturated carbocycles. The molecule has 0 aliphatic heterocycles. The van der Waals surface area contributed by atoms with E-state index in [1.54, 1.807) is 20.8 Å². The second-order valence-corrected chi connectivity index (χ2v) is 7.05. The summed E-state index contributed by atoms with van der Waals surface area (Å²) >= 11 is 0. The molecule has 0 atom stereocenters. The Kier molecular flexibility index (Phi) is 6.57. The van der Waals surface area contributed by atoms with Gasteiger partial charge in [0.2, 0.25) is 0 Å². The maximum absolute atomic E-state index is 11.6. The van der Waals surface area contributed by atoms with Crippen molar-refractivity contribution in [2.24, 2.45) is 0 Å². The number of carbonyl (C=O) groups excluding carboxylic acids is 1. The van der Waals surface area contributed by atoms with E-state index in [9.17, 15) is 9.36 Å². The Bertz CT molecular complexity index is 259. The lowest BCUT2D eigenvalue weighted by atomic mass is 10.9. The van der Waals surface area contributed by atoms with E-state index < -0.39 is 21.5 Å². The fraction of sp³-hybridized carbons (Fsp3) is 0.857. The molecule has 0 aliphatic rings. The van der Waals surface area contributed by atoms with Crippen molar-refractivity contribution in [1.82, 2.24) is 0 Å². The van der Waals surface area contributed by atoms with Crippen LogP contribution in [0.25, 0.3) is 0 Å². The molecule has 2 N–H and O–H groups in total. The van der Waals surface area contributed by atoms with Crippen LogP contribution in [0.1, 0.15) is 20.8 Å². The minimum atomic E-state index is -4.92. The third-order valence-corrected chi connectivity index (χ3v) is 6.28. The normalized spacial score (nSPS) is 12.8. The highest BCUT2D eigenvalue weighted by Crippen LogP contribution is 2.41. The van der Waals surface area contributed by atoms with Crippen molar-refractivity contribution in [3.63, 3.8) is 0 Å². The lowest BCUT2D eigenvalue weighted by Gasteiger charge is -2.26. The summed E-state index contributed by atoms with van der Waals surface area (Å²) in [6.07, 6.45) is 0. The highest BCUT2D eigenvalue weighted by atomic mass is 31.2. The molecule has 0 spiro atoms. The third kappa shape index (κ3) is 4.06. The van der Waals surface area contributed by atoms with E-state index in [1.807, 2.05) is 0 Å². The molecule has 0 fully saturated rings. The van der Waals surface area contributed by atoms with Crippen LogP contribution in [0, 0.1) is 0 Å². The minimum absolute atomic E-state index is 0.0813. The average Bonchev–Trinajstić information content (AvgIpc) is 2.16. The van der Waals surface area contributed by atoms with E-state index in [0.717, 1.165) is 0 Å². The summed E-state index contributed by atoms with van der Waals surface area (Å²) in [5, 5.41) is -1.38. The van der Waals surface area contributed by atoms with Gasteiger partial charge in [-0.15, -0.1) is 0 Å². The topological polar surface area (TPSA) is 102 Å². The highest BCUT2D eigenvalue weighted by molar-refractivity contribution is 7.77. The SMILES string of the molecule is CCO[Si](OCC)(OCC)C(=O)P(=O)(O)O. The third-order valence-electron chi connectivity index (χ3n) is 1.53. The Morgan fingerprint density at radius 2 is 1.38 bits per heavy atom. The van der Waals surface area contributed by atoms with Gasteiger partial charge in [0.05, 0.1) is 0 Å². The minimum Gasteiger partial charge on any atom is -0.368 e. The Hall–Kier alpha value is -0.0831. The van der Waals surface area contributed by atoms with Gasteiger partial charge in [0.15, 0.2) is 0 Å². The van der Waals surface area contributed by atoms with E-state index in [2.05, 4.69) is 0 Å². The zero-order valence-electron chi connectivity index (χ0n) is 9.50. The van der Waals surface area contributed by atoms with Gasteiger partial charge >= 0.3 is 21.5 Å². The standard InChI is InChI=1S/C7H17O7PSi/c1-4-12-16(13-5-2,14-6-3)7(8)15(9,10)11/h4-6H2,1-3H3,(H2,9,10,11). The maximum Gasteiger partial charge on any atom is 0.588 e. The van der Waals surface area contributed by atoms with E-state index in [-0.39, 0.29) is 19.8 Å². The molecule has 0 aromatic carbocycles. The van der Waals surface area contributed by atoms with Crippen molar-refractivity contribution in [2.45, 2.75) is 20.8 Å². The van der Waals surface area contributed by atoms with Crippen LogP contribution in [0.5, 0.6) is 0 Å². The Morgan fingerprint density at radius 1 is 1.06 bits per heavy atom. The Morgan fingerprint density at radius 3 is 1.56 bits per heavy atom. The summed E-state index contributed by atoms with van der Waals surface area (Å²) in [6.45, 7) is 5.01. The molecule has 0 unspecified atom stereocenters. The van der Waals surface area contributed by atoms with Crippen molar-refractivity contribution in [3.05, 3.63) is 0 Å². The quantitative estimate of drug-likeness (QED) is 0.500. The van der Waals surface area contributed by atoms with Crippen LogP contribution in [0.3, 0.4) is 0 Å². The maximum atomic E-state index is 11.6. The number of rotatable bonds is 8. The van der Waals surface area contributed by atoms with Gasteiger partial charge in [0, 0.05) is 19.8 Å². The molecule has 0 rings (SSSR count). The molecule has 96 valence electrons. The van der Waals surface area contributed by atoms with Crippen LogP contribution in [0.2, 0.25) is 0 Å². The van der Waals surface area contributed by atoms with E-state index in [4.69, 9.17) is 23.1 Å². The zero-order valence-corrected chi connectivity index (χ0v) is 11.4. The summed E-state index contributed by atoms with van der Waals surface area (Å²) in [5.74, 6) is 0. The van der Waals surface area contributed by atoms with Crippen LogP contribution >= 0.6 is 7.60 Å². The largest absolute Gasteiger partial charge is 0.588 e. The first-order valence-electron chi connectivity index (χ1n) is 4.86. The molecule has 0 amide bonds. The molecule has 0 saturated heterocycles. The smallest absolute Gasteiger partial charge is 0.368 e. The lowest BCUT2D eigenvalue weighted by Crippen LogP contribution is -2.53. The first-order valence-corrected chi connectivity index (χ1v) is 8.20. The van der Waals surface area contributed by atoms with Crippen LogP contribution in [0.4, 0.5) is 4.79 Å². The van der Waals surface area contributed by atoms with Gasteiger partial charge in [-0.3, -0.25) is 9.36 Å². The molecule has 0 bridgehead atoms. The first kappa shape index (κ1) is 15.9. The van der Waals surface area contributed by atoms with E-state index in [1.165, 1.54) is 0 Å². The van der Waals surface area contributed by atoms with Gasteiger partial charge in [-0.1, -0.05) is 0 Å². The van der Waals surface area contributed by atoms with Gasteiger partial charge in [-0.2, -0.15) is 0 Å². The van der Waals surface area contributed by atoms with Crippen molar-refractivity contribution < 1.29 is 32.4 Å². The molecule has 0 aromatic heterocycles. The molecular weight excluding hydrogens is 255 g/mol. The van der Waals surface area contributed by atoms with Crippen LogP contribution in [0.15, 0.2) is 0 Å². The van der Waals surface area contributed by atoms with Crippen molar-refractivity contribution >= 4 is 21.5 Å². The summed E-state index contributed by atoms with van der Waals surface area (Å²) in [5.41, 5.74) is 0. The lowest BCUT2D eigenvalue weighted by molar-refractivity contribution is 0.0819. The fourth-order valence-electron chi connectivity index (χ4n) is 1.06. The Balaban J connectivity index is 5.15. The van der Waals surface area contributed by atoms with Crippen molar-refractivity contribution in [2.75, 3.05) is 19.8 Å². The van der Waals surface area contributed by atoms with Gasteiger partial charge in [0.25, 0.3) is 0 Å². The van der Waals surface area contributed by atoms with Gasteiger partial charge in [-0.05, 0) is 20.8 Å². The highest BCUT2D eigenvalue weighted by Gasteiger charge is 2.57. The van der Waals surface area contributed by atoms with Crippen LogP contribution < -0.4 is 0 Å². The summed E-state index contributed by atoms with van der Waals surface area (Å²) in [4.78, 5) is 29.3.